The van der Waals surface area contributed by atoms with E-state index in [1.165, 1.54) is 11.6 Å². The van der Waals surface area contributed by atoms with Crippen LogP contribution >= 0.6 is 0 Å². The van der Waals surface area contributed by atoms with Crippen molar-refractivity contribution in [2.45, 2.75) is 57.8 Å². The Kier molecular flexibility index (Phi) is 8.71. The molecule has 1 atom stereocenters. The number of rotatable bonds is 7. The van der Waals surface area contributed by atoms with Crippen LogP contribution in [0.25, 0.3) is 0 Å². The number of benzene rings is 3. The largest absolute Gasteiger partial charge is 0.489 e. The summed E-state index contributed by atoms with van der Waals surface area (Å²) in [6.07, 6.45) is 2.01. The maximum Gasteiger partial charge on any atom is 0.255 e. The molecule has 8 nitrogen and oxygen atoms in total. The highest BCUT2D eigenvalue weighted by atomic mass is 19.1. The van der Waals surface area contributed by atoms with E-state index in [0.29, 0.717) is 80.9 Å². The number of fused-ring (bicyclic) bond motifs is 1. The van der Waals surface area contributed by atoms with Crippen LogP contribution in [0, 0.1) is 17.1 Å². The summed E-state index contributed by atoms with van der Waals surface area (Å²) in [4.78, 5) is 44.1. The Morgan fingerprint density at radius 2 is 1.68 bits per heavy atom. The highest BCUT2D eigenvalue weighted by Crippen LogP contribution is 2.34. The number of amides is 1. The first-order chi connectivity index (χ1) is 21.4. The maximum atomic E-state index is 14.4. The third-order valence-electron chi connectivity index (χ3n) is 8.89. The predicted molar refractivity (Wildman–Crippen MR) is 163 cm³/mol. The first kappa shape index (κ1) is 29.5. The number of piperazine rings is 1. The molecule has 3 aromatic carbocycles. The monoisotopic (exact) mass is 594 g/mol. The van der Waals surface area contributed by atoms with Crippen molar-refractivity contribution >= 4 is 23.2 Å². The maximum absolute atomic E-state index is 14.4. The molecule has 2 fully saturated rings. The highest BCUT2D eigenvalue weighted by Gasteiger charge is 2.38. The van der Waals surface area contributed by atoms with Crippen molar-refractivity contribution in [1.82, 2.24) is 9.80 Å². The number of carbonyl (C=O) groups is 3. The number of halogens is 1. The van der Waals surface area contributed by atoms with Gasteiger partial charge in [0, 0.05) is 63.1 Å². The van der Waals surface area contributed by atoms with Gasteiger partial charge in [-0.1, -0.05) is 30.3 Å². The molecule has 1 saturated heterocycles. The van der Waals surface area contributed by atoms with Gasteiger partial charge in [-0.2, -0.15) is 5.26 Å². The van der Waals surface area contributed by atoms with E-state index in [1.54, 1.807) is 29.2 Å². The van der Waals surface area contributed by atoms with E-state index in [-0.39, 0.29) is 23.3 Å². The minimum Gasteiger partial charge on any atom is -0.489 e. The summed E-state index contributed by atoms with van der Waals surface area (Å²) in [5, 5.41) is 8.98. The van der Waals surface area contributed by atoms with Crippen LogP contribution in [-0.4, -0.2) is 59.5 Å². The molecule has 3 aromatic rings. The van der Waals surface area contributed by atoms with Crippen LogP contribution in [0.5, 0.6) is 5.75 Å². The smallest absolute Gasteiger partial charge is 0.255 e. The lowest BCUT2D eigenvalue weighted by Crippen LogP contribution is -2.46. The second kappa shape index (κ2) is 13.0. The SMILES string of the molecule is N#Cc1ccc(N2CCN(Cc3ccc(COc4cccc5c4CN([C@@H]4CCC(=O)CCCC4=O)C5=O)cc3)CC2)c(F)c1. The molecule has 1 aliphatic carbocycles. The number of Topliss-reactive ketones (excluding diaryl/α,β-unsaturated/α-hetero) is 2. The Labute approximate surface area is 256 Å². The molecule has 0 aromatic heterocycles. The zero-order chi connectivity index (χ0) is 30.6. The fourth-order valence-corrected chi connectivity index (χ4v) is 6.39. The van der Waals surface area contributed by atoms with Crippen LogP contribution in [0.2, 0.25) is 0 Å². The van der Waals surface area contributed by atoms with Crippen molar-refractivity contribution in [3.05, 3.63) is 94.3 Å². The third kappa shape index (κ3) is 6.36. The fraction of sp³-hybridized carbons (Fsp3) is 0.371. The molecule has 0 N–H and O–H groups in total. The van der Waals surface area contributed by atoms with Crippen molar-refractivity contribution < 1.29 is 23.5 Å². The lowest BCUT2D eigenvalue weighted by atomic mass is 9.94. The first-order valence-corrected chi connectivity index (χ1v) is 15.2. The van der Waals surface area contributed by atoms with Gasteiger partial charge in [-0.3, -0.25) is 19.3 Å². The van der Waals surface area contributed by atoms with E-state index in [4.69, 9.17) is 10.00 Å². The van der Waals surface area contributed by atoms with Crippen molar-refractivity contribution in [3.63, 3.8) is 0 Å². The molecule has 2 aliphatic heterocycles. The van der Waals surface area contributed by atoms with Gasteiger partial charge in [0.1, 0.15) is 24.0 Å². The molecular formula is C35H35FN4O4. The normalized spacial score (nSPS) is 19.4. The number of ether oxygens (including phenoxy) is 1. The molecule has 1 saturated carbocycles. The molecule has 2 heterocycles. The van der Waals surface area contributed by atoms with E-state index in [9.17, 15) is 18.8 Å². The van der Waals surface area contributed by atoms with Crippen LogP contribution in [0.15, 0.2) is 60.7 Å². The van der Waals surface area contributed by atoms with E-state index in [1.807, 2.05) is 29.2 Å². The summed E-state index contributed by atoms with van der Waals surface area (Å²) in [7, 11) is 0. The van der Waals surface area contributed by atoms with Gasteiger partial charge in [-0.15, -0.1) is 0 Å². The second-order valence-corrected chi connectivity index (χ2v) is 11.8. The summed E-state index contributed by atoms with van der Waals surface area (Å²) < 4.78 is 20.6. The summed E-state index contributed by atoms with van der Waals surface area (Å²) in [5.74, 6) is 0.281. The first-order valence-electron chi connectivity index (χ1n) is 15.2. The lowest BCUT2D eigenvalue weighted by Gasteiger charge is -2.36. The summed E-state index contributed by atoms with van der Waals surface area (Å²) >= 11 is 0. The average Bonchev–Trinajstić information content (AvgIpc) is 3.36. The van der Waals surface area contributed by atoms with Gasteiger partial charge in [0.05, 0.1) is 29.9 Å². The van der Waals surface area contributed by atoms with Crippen LogP contribution in [0.4, 0.5) is 10.1 Å². The lowest BCUT2D eigenvalue weighted by molar-refractivity contribution is -0.126. The molecule has 226 valence electrons. The Morgan fingerprint density at radius 1 is 0.909 bits per heavy atom. The minimum atomic E-state index is -0.570. The van der Waals surface area contributed by atoms with E-state index < -0.39 is 6.04 Å². The molecule has 1 amide bonds. The quantitative estimate of drug-likeness (QED) is 0.379. The third-order valence-corrected chi connectivity index (χ3v) is 8.89. The molecule has 0 bridgehead atoms. The van der Waals surface area contributed by atoms with Crippen LogP contribution in [0.3, 0.4) is 0 Å². The zero-order valence-corrected chi connectivity index (χ0v) is 24.6. The zero-order valence-electron chi connectivity index (χ0n) is 24.6. The molecule has 9 heteroatoms. The van der Waals surface area contributed by atoms with E-state index in [2.05, 4.69) is 17.0 Å². The van der Waals surface area contributed by atoms with Gasteiger partial charge in [-0.25, -0.2) is 4.39 Å². The molecule has 44 heavy (non-hydrogen) atoms. The average molecular weight is 595 g/mol. The molecule has 3 aliphatic rings. The van der Waals surface area contributed by atoms with Crippen LogP contribution in [-0.2, 0) is 29.3 Å². The number of anilines is 1. The van der Waals surface area contributed by atoms with Crippen molar-refractivity contribution in [3.8, 4) is 11.8 Å². The summed E-state index contributed by atoms with van der Waals surface area (Å²) in [5.41, 5.74) is 4.39. The van der Waals surface area contributed by atoms with Gasteiger partial charge in [0.2, 0.25) is 0 Å². The summed E-state index contributed by atoms with van der Waals surface area (Å²) in [6.45, 7) is 4.48. The molecule has 0 spiro atoms. The second-order valence-electron chi connectivity index (χ2n) is 11.8. The van der Waals surface area contributed by atoms with E-state index >= 15 is 0 Å². The fourth-order valence-electron chi connectivity index (χ4n) is 6.39. The number of hydrogen-bond acceptors (Lipinski definition) is 7. The van der Waals surface area contributed by atoms with Gasteiger partial charge in [-0.05, 0) is 54.3 Å². The number of nitrogens with zero attached hydrogens (tertiary/aromatic N) is 4. The number of hydrogen-bond donors (Lipinski definition) is 0. The summed E-state index contributed by atoms with van der Waals surface area (Å²) in [6, 6.07) is 19.7. The molecule has 0 unspecified atom stereocenters. The Hall–Kier alpha value is -4.55. The Morgan fingerprint density at radius 3 is 2.43 bits per heavy atom. The van der Waals surface area contributed by atoms with E-state index in [0.717, 1.165) is 30.8 Å². The highest BCUT2D eigenvalue weighted by molar-refractivity contribution is 6.02. The Balaban J connectivity index is 1.03. The Bertz CT molecular complexity index is 1610. The molecular weight excluding hydrogens is 559 g/mol. The van der Waals surface area contributed by atoms with Gasteiger partial charge < -0.3 is 14.5 Å². The topological polar surface area (TPSA) is 93.9 Å². The van der Waals surface area contributed by atoms with Gasteiger partial charge in [0.25, 0.3) is 5.91 Å². The molecule has 0 radical (unpaired) electrons. The van der Waals surface area contributed by atoms with Gasteiger partial charge >= 0.3 is 0 Å². The number of ketones is 2. The number of carbonyl (C=O) groups excluding carboxylic acids is 3. The van der Waals surface area contributed by atoms with Crippen molar-refractivity contribution in [1.29, 1.82) is 5.26 Å². The van der Waals surface area contributed by atoms with Gasteiger partial charge in [0.15, 0.2) is 5.78 Å². The van der Waals surface area contributed by atoms with Crippen molar-refractivity contribution in [2.75, 3.05) is 31.1 Å². The number of nitriles is 1. The van der Waals surface area contributed by atoms with Crippen molar-refractivity contribution in [2.24, 2.45) is 0 Å². The van der Waals surface area contributed by atoms with Crippen LogP contribution in [0.1, 0.15) is 64.7 Å². The predicted octanol–water partition coefficient (Wildman–Crippen LogP) is 5.03. The standard InChI is InChI=1S/C35H35FN4O4/c36-30-19-26(20-37)11-13-31(30)39-17-15-38(16-18-39)21-24-7-9-25(10-8-24)23-44-34-6-2-4-28-29(34)22-40(35(28)43)32-14-12-27(41)3-1-5-33(32)42/h2,4,6-11,13,19,32H,1,3,5,12,14-18,21-23H2/t32-/m1/s1. The van der Waals surface area contributed by atoms with Crippen LogP contribution < -0.4 is 9.64 Å². The molecule has 6 rings (SSSR count). The minimum absolute atomic E-state index is 0.0308.